The van der Waals surface area contributed by atoms with Crippen LogP contribution in [0.2, 0.25) is 0 Å². The Hall–Kier alpha value is -1.49. The summed E-state index contributed by atoms with van der Waals surface area (Å²) < 4.78 is 26.9. The van der Waals surface area contributed by atoms with Gasteiger partial charge in [0.05, 0.1) is 5.56 Å². The van der Waals surface area contributed by atoms with Crippen molar-refractivity contribution in [1.29, 1.82) is 0 Å². The Balaban J connectivity index is 1.91. The van der Waals surface area contributed by atoms with Crippen molar-refractivity contribution in [3.05, 3.63) is 35.4 Å². The number of aliphatic hydroxyl groups is 1. The van der Waals surface area contributed by atoms with Crippen LogP contribution in [0.1, 0.15) is 43.8 Å². The second-order valence-corrected chi connectivity index (χ2v) is 5.23. The summed E-state index contributed by atoms with van der Waals surface area (Å²) in [6.07, 6.45) is 3.52. The largest absolute Gasteiger partial charge is 0.386 e. The van der Waals surface area contributed by atoms with Crippen LogP contribution in [0.15, 0.2) is 18.2 Å². The third kappa shape index (κ3) is 3.54. The summed E-state index contributed by atoms with van der Waals surface area (Å²) >= 11 is 0. The first kappa shape index (κ1) is 14.9. The molecule has 5 heteroatoms. The van der Waals surface area contributed by atoms with E-state index in [0.29, 0.717) is 0 Å². The lowest BCUT2D eigenvalue weighted by Crippen LogP contribution is -2.35. The van der Waals surface area contributed by atoms with Crippen LogP contribution in [-0.2, 0) is 4.79 Å². The first-order valence-corrected chi connectivity index (χ1v) is 6.99. The lowest BCUT2D eigenvalue weighted by Gasteiger charge is -2.22. The van der Waals surface area contributed by atoms with Gasteiger partial charge in [-0.05, 0) is 25.0 Å². The van der Waals surface area contributed by atoms with Crippen molar-refractivity contribution in [1.82, 2.24) is 5.32 Å². The molecule has 1 saturated carbocycles. The number of benzene rings is 1. The Morgan fingerprint density at radius 1 is 1.25 bits per heavy atom. The van der Waals surface area contributed by atoms with E-state index in [1.807, 2.05) is 0 Å². The molecule has 0 radical (unpaired) electrons. The van der Waals surface area contributed by atoms with E-state index in [1.54, 1.807) is 0 Å². The third-order valence-electron chi connectivity index (χ3n) is 3.78. The zero-order valence-electron chi connectivity index (χ0n) is 11.2. The van der Waals surface area contributed by atoms with Crippen LogP contribution in [0.25, 0.3) is 0 Å². The first-order valence-electron chi connectivity index (χ1n) is 6.99. The number of aliphatic hydroxyl groups excluding tert-OH is 1. The van der Waals surface area contributed by atoms with Gasteiger partial charge in [-0.3, -0.25) is 4.79 Å². The molecule has 20 heavy (non-hydrogen) atoms. The normalized spacial score (nSPS) is 17.8. The van der Waals surface area contributed by atoms with Crippen LogP contribution in [-0.4, -0.2) is 17.6 Å². The number of hydrogen-bond donors (Lipinski definition) is 2. The number of nitrogens with one attached hydrogen (secondary N) is 1. The van der Waals surface area contributed by atoms with Gasteiger partial charge in [0, 0.05) is 12.5 Å². The zero-order chi connectivity index (χ0) is 14.5. The predicted molar refractivity (Wildman–Crippen MR) is 70.9 cm³/mol. The molecule has 3 nitrogen and oxygen atoms in total. The molecule has 2 N–H and O–H groups in total. The molecule has 0 saturated heterocycles. The molecule has 0 aliphatic heterocycles. The van der Waals surface area contributed by atoms with Gasteiger partial charge in [0.2, 0.25) is 5.91 Å². The maximum atomic E-state index is 13.5. The molecule has 0 bridgehead atoms. The average molecular weight is 283 g/mol. The molecule has 1 unspecified atom stereocenters. The van der Waals surface area contributed by atoms with Gasteiger partial charge < -0.3 is 10.4 Å². The monoisotopic (exact) mass is 283 g/mol. The van der Waals surface area contributed by atoms with Gasteiger partial charge in [-0.1, -0.05) is 25.3 Å². The standard InChI is InChI=1S/C15H19F2NO2/c16-11-7-4-8-12(17)14(11)13(19)9-18-15(20)10-5-2-1-3-6-10/h4,7-8,10,13,19H,1-3,5-6,9H2,(H,18,20). The van der Waals surface area contributed by atoms with Crippen molar-refractivity contribution < 1.29 is 18.7 Å². The number of hydrogen-bond acceptors (Lipinski definition) is 2. The molecule has 2 rings (SSSR count). The van der Waals surface area contributed by atoms with Crippen LogP contribution >= 0.6 is 0 Å². The number of carbonyl (C=O) groups excluding carboxylic acids is 1. The minimum Gasteiger partial charge on any atom is -0.386 e. The molecule has 1 fully saturated rings. The molecular formula is C15H19F2NO2. The van der Waals surface area contributed by atoms with E-state index in [0.717, 1.165) is 44.2 Å². The lowest BCUT2D eigenvalue weighted by molar-refractivity contribution is -0.126. The topological polar surface area (TPSA) is 49.3 Å². The highest BCUT2D eigenvalue weighted by Gasteiger charge is 2.23. The molecule has 1 aliphatic carbocycles. The van der Waals surface area contributed by atoms with E-state index in [4.69, 9.17) is 0 Å². The van der Waals surface area contributed by atoms with Crippen molar-refractivity contribution in [3.8, 4) is 0 Å². The number of rotatable bonds is 4. The van der Waals surface area contributed by atoms with E-state index < -0.39 is 23.3 Å². The fourth-order valence-corrected chi connectivity index (χ4v) is 2.64. The van der Waals surface area contributed by atoms with E-state index in [1.165, 1.54) is 6.07 Å². The van der Waals surface area contributed by atoms with Crippen LogP contribution in [0.3, 0.4) is 0 Å². The van der Waals surface area contributed by atoms with Crippen molar-refractivity contribution in [2.24, 2.45) is 5.92 Å². The van der Waals surface area contributed by atoms with E-state index in [9.17, 15) is 18.7 Å². The maximum absolute atomic E-state index is 13.5. The van der Waals surface area contributed by atoms with Crippen molar-refractivity contribution in [2.75, 3.05) is 6.54 Å². The number of carbonyl (C=O) groups is 1. The van der Waals surface area contributed by atoms with Crippen molar-refractivity contribution in [3.63, 3.8) is 0 Å². The molecule has 0 spiro atoms. The zero-order valence-corrected chi connectivity index (χ0v) is 11.2. The highest BCUT2D eigenvalue weighted by molar-refractivity contribution is 5.78. The molecule has 110 valence electrons. The Morgan fingerprint density at radius 3 is 2.45 bits per heavy atom. The fourth-order valence-electron chi connectivity index (χ4n) is 2.64. The molecule has 1 amide bonds. The third-order valence-corrected chi connectivity index (χ3v) is 3.78. The average Bonchev–Trinajstić information content (AvgIpc) is 2.45. The highest BCUT2D eigenvalue weighted by atomic mass is 19.1. The molecule has 1 atom stereocenters. The number of amides is 1. The Kier molecular flexibility index (Phi) is 5.06. The van der Waals surface area contributed by atoms with Gasteiger partial charge in [-0.15, -0.1) is 0 Å². The van der Waals surface area contributed by atoms with Gasteiger partial charge in [-0.2, -0.15) is 0 Å². The summed E-state index contributed by atoms with van der Waals surface area (Å²) in [7, 11) is 0. The second-order valence-electron chi connectivity index (χ2n) is 5.23. The van der Waals surface area contributed by atoms with Crippen molar-refractivity contribution in [2.45, 2.75) is 38.2 Å². The number of halogens is 2. The summed E-state index contributed by atoms with van der Waals surface area (Å²) in [5.41, 5.74) is -0.392. The minimum atomic E-state index is -1.37. The van der Waals surface area contributed by atoms with Gasteiger partial charge in [0.15, 0.2) is 0 Å². The quantitative estimate of drug-likeness (QED) is 0.892. The summed E-state index contributed by atoms with van der Waals surface area (Å²) in [4.78, 5) is 11.9. The molecular weight excluding hydrogens is 264 g/mol. The first-order chi connectivity index (χ1) is 9.59. The highest BCUT2D eigenvalue weighted by Crippen LogP contribution is 2.24. The molecule has 1 aromatic carbocycles. The van der Waals surface area contributed by atoms with Gasteiger partial charge in [-0.25, -0.2) is 8.78 Å². The van der Waals surface area contributed by atoms with E-state index >= 15 is 0 Å². The Labute approximate surface area is 117 Å². The molecule has 0 heterocycles. The van der Waals surface area contributed by atoms with E-state index in [-0.39, 0.29) is 18.4 Å². The van der Waals surface area contributed by atoms with Crippen LogP contribution in [0.4, 0.5) is 8.78 Å². The molecule has 1 aromatic rings. The Bertz CT molecular complexity index is 453. The summed E-state index contributed by atoms with van der Waals surface area (Å²) in [5.74, 6) is -1.78. The smallest absolute Gasteiger partial charge is 0.223 e. The van der Waals surface area contributed by atoms with Crippen molar-refractivity contribution >= 4 is 5.91 Å². The SMILES string of the molecule is O=C(NCC(O)c1c(F)cccc1F)C1CCCCC1. The van der Waals surface area contributed by atoms with Crippen LogP contribution in [0, 0.1) is 17.6 Å². The maximum Gasteiger partial charge on any atom is 0.223 e. The van der Waals surface area contributed by atoms with E-state index in [2.05, 4.69) is 5.32 Å². The van der Waals surface area contributed by atoms with Gasteiger partial charge >= 0.3 is 0 Å². The predicted octanol–water partition coefficient (Wildman–Crippen LogP) is 2.69. The molecule has 0 aromatic heterocycles. The Morgan fingerprint density at radius 2 is 1.85 bits per heavy atom. The lowest BCUT2D eigenvalue weighted by atomic mass is 9.88. The summed E-state index contributed by atoms with van der Waals surface area (Å²) in [6.45, 7) is -0.173. The van der Waals surface area contributed by atoms with Crippen LogP contribution < -0.4 is 5.32 Å². The van der Waals surface area contributed by atoms with Gasteiger partial charge in [0.1, 0.15) is 17.7 Å². The van der Waals surface area contributed by atoms with Crippen LogP contribution in [0.5, 0.6) is 0 Å². The van der Waals surface area contributed by atoms with Gasteiger partial charge in [0.25, 0.3) is 0 Å². The summed E-state index contributed by atoms with van der Waals surface area (Å²) in [5, 5.41) is 12.4. The molecule has 1 aliphatic rings. The minimum absolute atomic E-state index is 0.0404. The summed E-state index contributed by atoms with van der Waals surface area (Å²) in [6, 6.07) is 3.41. The fraction of sp³-hybridized carbons (Fsp3) is 0.533. The second kappa shape index (κ2) is 6.79.